The van der Waals surface area contributed by atoms with E-state index in [4.69, 9.17) is 26.1 Å². The second-order valence-electron chi connectivity index (χ2n) is 8.42. The maximum absolute atomic E-state index is 11.6. The van der Waals surface area contributed by atoms with Crippen molar-refractivity contribution in [3.8, 4) is 0 Å². The predicted octanol–water partition coefficient (Wildman–Crippen LogP) is 7.22. The van der Waals surface area contributed by atoms with Crippen LogP contribution in [0, 0.1) is 10.1 Å². The van der Waals surface area contributed by atoms with Gasteiger partial charge in [0.25, 0.3) is 5.69 Å². The van der Waals surface area contributed by atoms with Gasteiger partial charge in [0.15, 0.2) is 5.47 Å². The molecule has 2 rings (SSSR count). The number of ether oxygens (including phenoxy) is 1. The smallest absolute Gasteiger partial charge is 0.280 e. The Kier molecular flexibility index (Phi) is 13.3. The average molecular weight is 565 g/mol. The number of unbranched alkanes of at least 4 members (excludes halogenated alkanes) is 3. The van der Waals surface area contributed by atoms with E-state index in [9.17, 15) is 10.1 Å². The lowest BCUT2D eigenvalue weighted by molar-refractivity contribution is -0.383. The first-order valence-corrected chi connectivity index (χ1v) is 17.7. The topological polar surface area (TPSA) is 74.0 Å². The summed E-state index contributed by atoms with van der Waals surface area (Å²) in [7, 11) is 0. The fourth-order valence-electron chi connectivity index (χ4n) is 3.71. The SMILES string of the molecule is CCCCCCOC(=NCC1SC(C)C[C@H](C)S1)C(CC)OP(=S)(S)c1ccccc1[N+](=O)[O-]. The minimum Gasteiger partial charge on any atom is -0.479 e. The molecule has 1 fully saturated rings. The molecule has 5 atom stereocenters. The fourth-order valence-corrected chi connectivity index (χ4v) is 10.4. The average Bonchev–Trinajstić information content (AvgIpc) is 2.79. The molecule has 11 heteroatoms. The van der Waals surface area contributed by atoms with Crippen LogP contribution in [0.25, 0.3) is 0 Å². The molecule has 0 N–H and O–H groups in total. The monoisotopic (exact) mass is 564 g/mol. The lowest BCUT2D eigenvalue weighted by Gasteiger charge is -2.30. The van der Waals surface area contributed by atoms with Gasteiger partial charge < -0.3 is 9.26 Å². The summed E-state index contributed by atoms with van der Waals surface area (Å²) in [5.41, 5.74) is -3.04. The van der Waals surface area contributed by atoms with Gasteiger partial charge in [0, 0.05) is 16.6 Å². The second kappa shape index (κ2) is 15.1. The van der Waals surface area contributed by atoms with E-state index in [1.807, 2.05) is 30.4 Å². The fraction of sp³-hybridized carbons (Fsp3) is 0.696. The molecular weight excluding hydrogens is 528 g/mol. The molecule has 1 saturated heterocycles. The van der Waals surface area contributed by atoms with Crippen molar-refractivity contribution in [1.29, 1.82) is 0 Å². The van der Waals surface area contributed by atoms with Crippen molar-refractivity contribution in [2.75, 3.05) is 13.2 Å². The predicted molar refractivity (Wildman–Crippen MR) is 156 cm³/mol. The number of para-hydroxylation sites is 1. The highest BCUT2D eigenvalue weighted by Crippen LogP contribution is 2.54. The van der Waals surface area contributed by atoms with E-state index < -0.39 is 16.5 Å². The van der Waals surface area contributed by atoms with Gasteiger partial charge in [0.05, 0.1) is 28.0 Å². The molecule has 0 amide bonds. The number of rotatable bonds is 13. The lowest BCUT2D eigenvalue weighted by Crippen LogP contribution is -2.29. The highest BCUT2D eigenvalue weighted by molar-refractivity contribution is 8.64. The molecule has 1 aromatic carbocycles. The van der Waals surface area contributed by atoms with Crippen LogP contribution in [0.5, 0.6) is 0 Å². The van der Waals surface area contributed by atoms with E-state index in [0.717, 1.165) is 19.3 Å². The molecule has 1 aliphatic rings. The minimum absolute atomic E-state index is 0.0624. The van der Waals surface area contributed by atoms with Crippen LogP contribution in [-0.4, -0.2) is 45.2 Å². The maximum Gasteiger partial charge on any atom is 0.280 e. The molecule has 0 aliphatic carbocycles. The standard InChI is InChI=1S/C23H37N2O4PS4/c1-5-7-8-11-14-28-23(24-16-22-33-17(3)15-18(4)34-22)20(6-2)29-30(31,32)21-13-10-9-12-19(21)25(26)27/h9-10,12-13,17-18,20,22H,5-8,11,14-16H2,1-4H3,(H,31,32)/t17-,18?,20?,22?/m0/s1. The van der Waals surface area contributed by atoms with Gasteiger partial charge in [-0.3, -0.25) is 15.1 Å². The Bertz CT molecular complexity index is 863. The lowest BCUT2D eigenvalue weighted by atomic mass is 10.2. The highest BCUT2D eigenvalue weighted by Gasteiger charge is 2.31. The quantitative estimate of drug-likeness (QED) is 0.0515. The molecular formula is C23H37N2O4PS4. The number of nitrogens with zero attached hydrogens (tertiary/aromatic N) is 2. The van der Waals surface area contributed by atoms with E-state index in [0.29, 0.717) is 45.9 Å². The first kappa shape index (κ1) is 30.0. The number of hydrogen-bond acceptors (Lipinski definition) is 8. The van der Waals surface area contributed by atoms with Crippen LogP contribution in [0.3, 0.4) is 0 Å². The molecule has 1 heterocycles. The highest BCUT2D eigenvalue weighted by atomic mass is 32.9. The molecule has 0 bridgehead atoms. The summed E-state index contributed by atoms with van der Waals surface area (Å²) in [6.45, 7) is 9.90. The van der Waals surface area contributed by atoms with E-state index in [1.54, 1.807) is 18.2 Å². The Morgan fingerprint density at radius 2 is 1.94 bits per heavy atom. The van der Waals surface area contributed by atoms with Gasteiger partial charge in [0.2, 0.25) is 5.90 Å². The van der Waals surface area contributed by atoms with Gasteiger partial charge in [-0.15, -0.1) is 35.8 Å². The van der Waals surface area contributed by atoms with Crippen LogP contribution in [0.2, 0.25) is 0 Å². The number of nitro groups is 1. The Labute approximate surface area is 223 Å². The summed E-state index contributed by atoms with van der Waals surface area (Å²) >= 11 is 14.3. The molecule has 34 heavy (non-hydrogen) atoms. The van der Waals surface area contributed by atoms with Crippen LogP contribution < -0.4 is 5.30 Å². The maximum atomic E-state index is 11.6. The van der Waals surface area contributed by atoms with E-state index in [1.165, 1.54) is 18.9 Å². The molecule has 0 saturated carbocycles. The van der Waals surface area contributed by atoms with Gasteiger partial charge in [0.1, 0.15) is 6.10 Å². The third-order valence-electron chi connectivity index (χ3n) is 5.38. The third-order valence-corrected chi connectivity index (χ3v) is 11.6. The molecule has 192 valence electrons. The third kappa shape index (κ3) is 9.66. The summed E-state index contributed by atoms with van der Waals surface area (Å²) in [6.07, 6.45) is 5.68. The largest absolute Gasteiger partial charge is 0.479 e. The minimum atomic E-state index is -2.97. The number of benzene rings is 1. The van der Waals surface area contributed by atoms with E-state index in [-0.39, 0.29) is 5.69 Å². The van der Waals surface area contributed by atoms with Crippen LogP contribution >= 0.6 is 41.2 Å². The van der Waals surface area contributed by atoms with Crippen LogP contribution in [0.1, 0.15) is 66.2 Å². The van der Waals surface area contributed by atoms with Crippen LogP contribution in [-0.2, 0) is 21.1 Å². The molecule has 1 aromatic rings. The molecule has 0 spiro atoms. The van der Waals surface area contributed by atoms with Crippen molar-refractivity contribution in [1.82, 2.24) is 0 Å². The number of nitro benzene ring substituents is 1. The Hall–Kier alpha value is -0.250. The van der Waals surface area contributed by atoms with Crippen molar-refractivity contribution in [3.63, 3.8) is 0 Å². The van der Waals surface area contributed by atoms with Crippen LogP contribution in [0.15, 0.2) is 29.3 Å². The summed E-state index contributed by atoms with van der Waals surface area (Å²) < 4.78 is 12.8. The number of thiol groups is 1. The first-order valence-electron chi connectivity index (χ1n) is 11.9. The number of hydrogen-bond donors (Lipinski definition) is 1. The van der Waals surface area contributed by atoms with Gasteiger partial charge in [-0.1, -0.05) is 70.9 Å². The van der Waals surface area contributed by atoms with Crippen molar-refractivity contribution in [2.45, 2.75) is 87.4 Å². The normalized spacial score (nSPS) is 23.8. The molecule has 6 nitrogen and oxygen atoms in total. The number of thioether (sulfide) groups is 2. The molecule has 1 aliphatic heterocycles. The molecule has 0 radical (unpaired) electrons. The van der Waals surface area contributed by atoms with Crippen LogP contribution in [0.4, 0.5) is 5.69 Å². The Balaban J connectivity index is 2.21. The summed E-state index contributed by atoms with van der Waals surface area (Å²) in [6, 6.07) is 6.42. The second-order valence-corrected chi connectivity index (χ2v) is 17.8. The first-order chi connectivity index (χ1) is 16.2. The van der Waals surface area contributed by atoms with Gasteiger partial charge >= 0.3 is 0 Å². The molecule has 4 unspecified atom stereocenters. The van der Waals surface area contributed by atoms with Gasteiger partial charge in [-0.25, -0.2) is 0 Å². The van der Waals surface area contributed by atoms with Crippen molar-refractivity contribution >= 4 is 69.9 Å². The summed E-state index contributed by atoms with van der Waals surface area (Å²) in [5.74, 6) is 0.535. The van der Waals surface area contributed by atoms with E-state index in [2.05, 4.69) is 33.0 Å². The van der Waals surface area contributed by atoms with E-state index >= 15 is 0 Å². The van der Waals surface area contributed by atoms with Crippen molar-refractivity contribution in [2.24, 2.45) is 4.99 Å². The van der Waals surface area contributed by atoms with Gasteiger partial charge in [-0.05, 0) is 25.3 Å². The number of aliphatic imine (C=N–C) groups is 1. The Morgan fingerprint density at radius 3 is 2.56 bits per heavy atom. The van der Waals surface area contributed by atoms with Crippen molar-refractivity contribution < 1.29 is 14.2 Å². The van der Waals surface area contributed by atoms with Crippen molar-refractivity contribution in [3.05, 3.63) is 34.4 Å². The zero-order valence-corrected chi connectivity index (χ0v) is 24.7. The zero-order valence-electron chi connectivity index (χ0n) is 20.4. The molecule has 0 aromatic heterocycles. The Morgan fingerprint density at radius 1 is 1.26 bits per heavy atom. The zero-order chi connectivity index (χ0) is 25.1. The summed E-state index contributed by atoms with van der Waals surface area (Å²) in [5, 5.41) is 13.1. The summed E-state index contributed by atoms with van der Waals surface area (Å²) in [4.78, 5) is 16.0. The van der Waals surface area contributed by atoms with Gasteiger partial charge in [-0.2, -0.15) is 0 Å².